The summed E-state index contributed by atoms with van der Waals surface area (Å²) in [5.41, 5.74) is 0.183. The highest BCUT2D eigenvalue weighted by atomic mass is 16.6. The second-order valence-electron chi connectivity index (χ2n) is 7.38. The van der Waals surface area contributed by atoms with Gasteiger partial charge in [0.1, 0.15) is 11.6 Å². The minimum Gasteiger partial charge on any atom is -0.468 e. The molecule has 0 radical (unpaired) electrons. The molecule has 0 aliphatic rings. The van der Waals surface area contributed by atoms with E-state index in [0.29, 0.717) is 11.1 Å². The first-order valence-electron chi connectivity index (χ1n) is 9.43. The molecule has 0 saturated heterocycles. The van der Waals surface area contributed by atoms with E-state index < -0.39 is 41.6 Å². The van der Waals surface area contributed by atoms with Gasteiger partial charge in [0.15, 0.2) is 5.92 Å². The Kier molecular flexibility index (Phi) is 9.29. The van der Waals surface area contributed by atoms with Gasteiger partial charge in [-0.05, 0) is 38.8 Å². The summed E-state index contributed by atoms with van der Waals surface area (Å²) < 4.78 is 19.6. The highest BCUT2D eigenvalue weighted by Gasteiger charge is 2.31. The summed E-state index contributed by atoms with van der Waals surface area (Å²) in [6, 6.07) is 5.44. The fraction of sp³-hybridized carbons (Fsp3) is 0.524. The molecule has 0 aliphatic heterocycles. The topological polar surface area (TPSA) is 117 Å². The van der Waals surface area contributed by atoms with E-state index >= 15 is 0 Å². The Hall–Kier alpha value is -3.10. The maximum atomic E-state index is 12.3. The van der Waals surface area contributed by atoms with Crippen LogP contribution in [0.4, 0.5) is 4.79 Å². The van der Waals surface area contributed by atoms with Crippen LogP contribution in [-0.4, -0.2) is 56.5 Å². The normalized spacial score (nSPS) is 12.0. The monoisotopic (exact) mass is 423 g/mol. The molecule has 0 fully saturated rings. The maximum Gasteiger partial charge on any atom is 0.408 e. The third-order valence-corrected chi connectivity index (χ3v) is 3.86. The van der Waals surface area contributed by atoms with Crippen molar-refractivity contribution in [2.24, 2.45) is 0 Å². The van der Waals surface area contributed by atoms with Gasteiger partial charge in [-0.25, -0.2) is 9.59 Å². The molecule has 0 heterocycles. The maximum absolute atomic E-state index is 12.3. The number of amides is 1. The van der Waals surface area contributed by atoms with E-state index in [4.69, 9.17) is 18.9 Å². The molecule has 0 bridgehead atoms. The van der Waals surface area contributed by atoms with Gasteiger partial charge in [-0.15, -0.1) is 0 Å². The van der Waals surface area contributed by atoms with Crippen LogP contribution in [0.15, 0.2) is 24.3 Å². The Morgan fingerprint density at radius 3 is 2.10 bits per heavy atom. The first kappa shape index (κ1) is 24.9. The smallest absolute Gasteiger partial charge is 0.408 e. The van der Waals surface area contributed by atoms with Crippen LogP contribution in [0.2, 0.25) is 0 Å². The lowest BCUT2D eigenvalue weighted by molar-refractivity contribution is -0.154. The number of alkyl carbamates (subject to hydrolysis) is 1. The van der Waals surface area contributed by atoms with Crippen LogP contribution >= 0.6 is 0 Å². The van der Waals surface area contributed by atoms with Crippen molar-refractivity contribution in [3.05, 3.63) is 35.4 Å². The molecule has 9 heteroatoms. The quantitative estimate of drug-likeness (QED) is 0.384. The average Bonchev–Trinajstić information content (AvgIpc) is 2.66. The third kappa shape index (κ3) is 7.73. The van der Waals surface area contributed by atoms with Gasteiger partial charge in [0.25, 0.3) is 0 Å². The summed E-state index contributed by atoms with van der Waals surface area (Å²) in [6.45, 7) is 6.90. The van der Waals surface area contributed by atoms with E-state index in [-0.39, 0.29) is 13.0 Å². The van der Waals surface area contributed by atoms with Crippen molar-refractivity contribution in [2.45, 2.75) is 51.7 Å². The van der Waals surface area contributed by atoms with Crippen molar-refractivity contribution >= 4 is 24.0 Å². The van der Waals surface area contributed by atoms with Crippen LogP contribution in [-0.2, 0) is 39.8 Å². The van der Waals surface area contributed by atoms with Gasteiger partial charge in [0.2, 0.25) is 0 Å². The van der Waals surface area contributed by atoms with Crippen molar-refractivity contribution in [1.29, 1.82) is 0 Å². The highest BCUT2D eigenvalue weighted by Crippen LogP contribution is 2.21. The minimum absolute atomic E-state index is 0.0565. The summed E-state index contributed by atoms with van der Waals surface area (Å²) in [7, 11) is 2.34. The van der Waals surface area contributed by atoms with E-state index in [1.54, 1.807) is 52.0 Å². The first-order valence-corrected chi connectivity index (χ1v) is 9.43. The predicted octanol–water partition coefficient (Wildman–Crippen LogP) is 2.12. The molecule has 1 amide bonds. The Labute approximate surface area is 176 Å². The lowest BCUT2D eigenvalue weighted by atomic mass is 9.95. The van der Waals surface area contributed by atoms with E-state index in [1.807, 2.05) is 0 Å². The number of ether oxygens (including phenoxy) is 4. The van der Waals surface area contributed by atoms with Gasteiger partial charge in [-0.2, -0.15) is 0 Å². The van der Waals surface area contributed by atoms with Gasteiger partial charge in [-0.3, -0.25) is 9.59 Å². The van der Waals surface area contributed by atoms with Crippen molar-refractivity contribution < 1.29 is 38.1 Å². The number of hydrogen-bond acceptors (Lipinski definition) is 8. The number of methoxy groups -OCH3 is 2. The zero-order valence-electron chi connectivity index (χ0n) is 18.1. The SMILES string of the molecule is CCOC(=O)[C@@H](Cc1cccc(C(C(=O)OC)C(=O)OC)c1)NC(=O)OC(C)(C)C. The van der Waals surface area contributed by atoms with Crippen LogP contribution in [0, 0.1) is 0 Å². The van der Waals surface area contributed by atoms with Gasteiger partial charge in [-0.1, -0.05) is 24.3 Å². The number of hydrogen-bond donors (Lipinski definition) is 1. The molecule has 0 unspecified atom stereocenters. The molecular formula is C21H29NO8. The van der Waals surface area contributed by atoms with E-state index in [9.17, 15) is 19.2 Å². The summed E-state index contributed by atoms with van der Waals surface area (Å²) in [5, 5.41) is 2.50. The molecule has 0 aromatic heterocycles. The molecule has 1 rings (SSSR count). The van der Waals surface area contributed by atoms with Crippen LogP contribution in [0.3, 0.4) is 0 Å². The number of carbonyl (C=O) groups excluding carboxylic acids is 4. The number of rotatable bonds is 8. The minimum atomic E-state index is -1.26. The van der Waals surface area contributed by atoms with Crippen molar-refractivity contribution in [2.75, 3.05) is 20.8 Å². The van der Waals surface area contributed by atoms with Crippen LogP contribution in [0.25, 0.3) is 0 Å². The molecule has 1 aromatic rings. The molecule has 1 atom stereocenters. The molecule has 0 aliphatic carbocycles. The Balaban J connectivity index is 3.13. The Morgan fingerprint density at radius 2 is 1.60 bits per heavy atom. The number of benzene rings is 1. The third-order valence-electron chi connectivity index (χ3n) is 3.86. The number of carbonyl (C=O) groups is 4. The van der Waals surface area contributed by atoms with E-state index in [2.05, 4.69) is 5.32 Å². The molecule has 9 nitrogen and oxygen atoms in total. The number of nitrogens with one attached hydrogen (secondary N) is 1. The van der Waals surface area contributed by atoms with Crippen molar-refractivity contribution in [1.82, 2.24) is 5.32 Å². The molecule has 30 heavy (non-hydrogen) atoms. The summed E-state index contributed by atoms with van der Waals surface area (Å²) in [5.74, 6) is -3.44. The Morgan fingerprint density at radius 1 is 1.00 bits per heavy atom. The van der Waals surface area contributed by atoms with Crippen LogP contribution < -0.4 is 5.32 Å². The van der Waals surface area contributed by atoms with Crippen LogP contribution in [0.1, 0.15) is 44.7 Å². The van der Waals surface area contributed by atoms with Gasteiger partial charge in [0.05, 0.1) is 20.8 Å². The fourth-order valence-electron chi connectivity index (χ4n) is 2.63. The summed E-state index contributed by atoms with van der Waals surface area (Å²) >= 11 is 0. The average molecular weight is 423 g/mol. The molecule has 1 N–H and O–H groups in total. The predicted molar refractivity (Wildman–Crippen MR) is 107 cm³/mol. The molecule has 166 valence electrons. The van der Waals surface area contributed by atoms with Gasteiger partial charge in [0, 0.05) is 6.42 Å². The molecule has 0 spiro atoms. The Bertz CT molecular complexity index is 753. The number of esters is 3. The molecular weight excluding hydrogens is 394 g/mol. The molecule has 0 saturated carbocycles. The van der Waals surface area contributed by atoms with Gasteiger partial charge >= 0.3 is 24.0 Å². The lowest BCUT2D eigenvalue weighted by Gasteiger charge is -2.23. The van der Waals surface area contributed by atoms with Crippen molar-refractivity contribution in [3.63, 3.8) is 0 Å². The van der Waals surface area contributed by atoms with Gasteiger partial charge < -0.3 is 24.3 Å². The highest BCUT2D eigenvalue weighted by molar-refractivity contribution is 6.00. The van der Waals surface area contributed by atoms with Crippen LogP contribution in [0.5, 0.6) is 0 Å². The van der Waals surface area contributed by atoms with E-state index in [0.717, 1.165) is 0 Å². The second-order valence-corrected chi connectivity index (χ2v) is 7.38. The first-order chi connectivity index (χ1) is 14.0. The lowest BCUT2D eigenvalue weighted by Crippen LogP contribution is -2.45. The summed E-state index contributed by atoms with van der Waals surface area (Å²) in [6.07, 6.45) is -0.709. The van der Waals surface area contributed by atoms with E-state index in [1.165, 1.54) is 14.2 Å². The summed E-state index contributed by atoms with van der Waals surface area (Å²) in [4.78, 5) is 48.6. The van der Waals surface area contributed by atoms with Crippen molar-refractivity contribution in [3.8, 4) is 0 Å². The standard InChI is InChI=1S/C21H29NO8/c1-7-29-17(23)15(22-20(26)30-21(2,3)4)12-13-9-8-10-14(11-13)16(18(24)27-5)19(25)28-6/h8-11,15-16H,7,12H2,1-6H3,(H,22,26)/t15-/m1/s1. The molecule has 1 aromatic carbocycles. The zero-order chi connectivity index (χ0) is 22.9. The largest absolute Gasteiger partial charge is 0.468 e. The second kappa shape index (κ2) is 11.2. The zero-order valence-corrected chi connectivity index (χ0v) is 18.1. The fourth-order valence-corrected chi connectivity index (χ4v) is 2.63.